The van der Waals surface area contributed by atoms with E-state index in [-0.39, 0.29) is 41.1 Å². The molecule has 2 aliphatic carbocycles. The van der Waals surface area contributed by atoms with Crippen LogP contribution in [-0.4, -0.2) is 63.7 Å². The maximum Gasteiger partial charge on any atom is 0.416 e. The third kappa shape index (κ3) is 4.49. The number of benzene rings is 1. The fourth-order valence-electron chi connectivity index (χ4n) is 7.39. The van der Waals surface area contributed by atoms with Crippen LogP contribution in [-0.2, 0) is 21.1 Å². The fourth-order valence-corrected chi connectivity index (χ4v) is 7.39. The Morgan fingerprint density at radius 3 is 2.60 bits per heavy atom. The van der Waals surface area contributed by atoms with Gasteiger partial charge in [-0.05, 0) is 68.6 Å². The number of anilines is 1. The van der Waals surface area contributed by atoms with E-state index in [4.69, 9.17) is 9.84 Å². The van der Waals surface area contributed by atoms with Crippen molar-refractivity contribution in [1.29, 1.82) is 5.26 Å². The minimum atomic E-state index is -4.64. The number of hydrogen-bond donors (Lipinski definition) is 2. The molecule has 0 unspecified atom stereocenters. The van der Waals surface area contributed by atoms with E-state index >= 15 is 0 Å². The number of nitrogens with zero attached hydrogens (tertiary/aromatic N) is 4. The molecule has 2 saturated heterocycles. The van der Waals surface area contributed by atoms with Crippen molar-refractivity contribution in [2.24, 2.45) is 11.8 Å². The molecule has 0 radical (unpaired) electrons. The Hall–Kier alpha value is -3.92. The highest BCUT2D eigenvalue weighted by atomic mass is 19.4. The van der Waals surface area contributed by atoms with Crippen LogP contribution in [0.1, 0.15) is 83.5 Å². The maximum atomic E-state index is 14.3. The number of fused-ring (bicyclic) bond motifs is 2. The first-order valence-electron chi connectivity index (χ1n) is 14.7. The van der Waals surface area contributed by atoms with Crippen molar-refractivity contribution in [3.05, 3.63) is 46.6 Å². The highest BCUT2D eigenvalue weighted by Gasteiger charge is 2.60. The van der Waals surface area contributed by atoms with Gasteiger partial charge >= 0.3 is 6.18 Å². The lowest BCUT2D eigenvalue weighted by atomic mass is 9.69. The zero-order valence-corrected chi connectivity index (χ0v) is 23.5. The van der Waals surface area contributed by atoms with Gasteiger partial charge in [-0.3, -0.25) is 14.4 Å². The van der Waals surface area contributed by atoms with E-state index in [1.165, 1.54) is 6.07 Å². The van der Waals surface area contributed by atoms with Gasteiger partial charge in [0, 0.05) is 35.8 Å². The number of piperidine rings is 1. The Labute approximate surface area is 245 Å². The van der Waals surface area contributed by atoms with E-state index in [2.05, 4.69) is 16.7 Å². The lowest BCUT2D eigenvalue weighted by Crippen LogP contribution is -2.60. The first-order chi connectivity index (χ1) is 20.5. The van der Waals surface area contributed by atoms with Crippen LogP contribution >= 0.6 is 0 Å². The standard InChI is InChI=1S/C30H31F3N6O4/c1-29(17-5-6-17)22-23(28(42)38-20(14-34)12-16-13-21(16)38)37-39(19-7-9-43-10-8-19)25(22)36-27(41)24(29)35-26(40)15-3-2-4-18(11-15)30(31,32)33/h2-4,11,16-17,19-21,24H,5-10,12-13H2,1H3,(H,35,40)(H,36,41)/t16-,20-,21+,24-,29-/m0/s1. The Bertz CT molecular complexity index is 1560. The highest BCUT2D eigenvalue weighted by Crippen LogP contribution is 2.56. The first-order valence-corrected chi connectivity index (χ1v) is 14.7. The van der Waals surface area contributed by atoms with Crippen LogP contribution in [0, 0.1) is 23.2 Å². The Morgan fingerprint density at radius 2 is 1.93 bits per heavy atom. The summed E-state index contributed by atoms with van der Waals surface area (Å²) in [6.45, 7) is 2.83. The number of nitrogens with one attached hydrogen (secondary N) is 2. The molecular formula is C30H31F3N6O4. The summed E-state index contributed by atoms with van der Waals surface area (Å²) in [5.41, 5.74) is -1.60. The lowest BCUT2D eigenvalue weighted by Gasteiger charge is -2.42. The number of likely N-dealkylation sites (tertiary alicyclic amines) is 1. The van der Waals surface area contributed by atoms with Gasteiger partial charge in [-0.2, -0.15) is 23.5 Å². The second-order valence-corrected chi connectivity index (χ2v) is 12.5. The normalized spacial score (nSPS) is 30.2. The second kappa shape index (κ2) is 9.80. The van der Waals surface area contributed by atoms with Crippen LogP contribution in [0.4, 0.5) is 19.0 Å². The van der Waals surface area contributed by atoms with E-state index in [0.717, 1.165) is 37.5 Å². The number of carbonyl (C=O) groups excluding carboxylic acids is 3. The SMILES string of the molecule is C[C@]1(C2CC2)c2c(C(=O)N3[C@H](C#N)C[C@H]4C[C@H]43)nn(C3CCOCC3)c2NC(=O)[C@@H]1NC(=O)c1cccc(C(F)(F)F)c1. The van der Waals surface area contributed by atoms with Gasteiger partial charge in [0.25, 0.3) is 11.8 Å². The Balaban J connectivity index is 1.31. The molecule has 0 bridgehead atoms. The van der Waals surface area contributed by atoms with E-state index < -0.39 is 41.1 Å². The summed E-state index contributed by atoms with van der Waals surface area (Å²) in [7, 11) is 0. The Morgan fingerprint density at radius 1 is 1.19 bits per heavy atom. The van der Waals surface area contributed by atoms with E-state index in [1.54, 1.807) is 9.58 Å². The molecule has 43 heavy (non-hydrogen) atoms. The molecule has 4 fully saturated rings. The third-order valence-electron chi connectivity index (χ3n) is 9.93. The van der Waals surface area contributed by atoms with Crippen LogP contribution in [0.5, 0.6) is 0 Å². The molecule has 4 heterocycles. The van der Waals surface area contributed by atoms with Crippen LogP contribution in [0.2, 0.25) is 0 Å². The van der Waals surface area contributed by atoms with Crippen molar-refractivity contribution in [2.75, 3.05) is 18.5 Å². The minimum Gasteiger partial charge on any atom is -0.381 e. The third-order valence-corrected chi connectivity index (χ3v) is 9.93. The molecule has 226 valence electrons. The summed E-state index contributed by atoms with van der Waals surface area (Å²) in [5.74, 6) is -1.11. The minimum absolute atomic E-state index is 0.0252. The maximum absolute atomic E-state index is 14.3. The molecule has 7 rings (SSSR count). The zero-order chi connectivity index (χ0) is 30.3. The van der Waals surface area contributed by atoms with Gasteiger partial charge in [0.15, 0.2) is 5.69 Å². The van der Waals surface area contributed by atoms with Gasteiger partial charge in [0.2, 0.25) is 5.91 Å². The molecule has 3 amide bonds. The molecule has 2 aromatic rings. The molecule has 1 aromatic carbocycles. The van der Waals surface area contributed by atoms with Crippen molar-refractivity contribution >= 4 is 23.5 Å². The fraction of sp³-hybridized carbons (Fsp3) is 0.567. The van der Waals surface area contributed by atoms with Gasteiger partial charge in [-0.15, -0.1) is 0 Å². The van der Waals surface area contributed by atoms with Crippen molar-refractivity contribution in [3.63, 3.8) is 0 Å². The van der Waals surface area contributed by atoms with Crippen LogP contribution in [0.15, 0.2) is 24.3 Å². The second-order valence-electron chi connectivity index (χ2n) is 12.5. The molecule has 0 spiro atoms. The largest absolute Gasteiger partial charge is 0.416 e. The van der Waals surface area contributed by atoms with E-state index in [9.17, 15) is 32.8 Å². The number of aromatic nitrogens is 2. The number of carbonyl (C=O) groups is 3. The van der Waals surface area contributed by atoms with E-state index in [1.807, 2.05) is 6.92 Å². The number of halogens is 3. The number of nitriles is 1. The van der Waals surface area contributed by atoms with Gasteiger partial charge in [-0.1, -0.05) is 13.0 Å². The number of hydrogen-bond acceptors (Lipinski definition) is 6. The lowest BCUT2D eigenvalue weighted by molar-refractivity contribution is -0.137. The number of ether oxygens (including phenoxy) is 1. The summed E-state index contributed by atoms with van der Waals surface area (Å²) < 4.78 is 47.4. The molecule has 13 heteroatoms. The van der Waals surface area contributed by atoms with Crippen LogP contribution in [0.3, 0.4) is 0 Å². The number of amides is 3. The summed E-state index contributed by atoms with van der Waals surface area (Å²) in [6.07, 6.45) is -0.456. The summed E-state index contributed by atoms with van der Waals surface area (Å²) in [4.78, 5) is 43.1. The predicted octanol–water partition coefficient (Wildman–Crippen LogP) is 3.80. The van der Waals surface area contributed by atoms with Gasteiger partial charge in [0.05, 0.1) is 17.7 Å². The predicted molar refractivity (Wildman–Crippen MR) is 145 cm³/mol. The molecule has 2 N–H and O–H groups in total. The number of alkyl halides is 3. The van der Waals surface area contributed by atoms with Gasteiger partial charge in [0.1, 0.15) is 17.9 Å². The topological polar surface area (TPSA) is 129 Å². The van der Waals surface area contributed by atoms with Crippen molar-refractivity contribution in [2.45, 2.75) is 81.2 Å². The van der Waals surface area contributed by atoms with Gasteiger partial charge < -0.3 is 20.3 Å². The summed E-state index contributed by atoms with van der Waals surface area (Å²) in [6, 6.07) is 4.41. The molecular weight excluding hydrogens is 565 g/mol. The van der Waals surface area contributed by atoms with Crippen molar-refractivity contribution in [3.8, 4) is 6.07 Å². The summed E-state index contributed by atoms with van der Waals surface area (Å²) in [5, 5.41) is 20.3. The molecule has 5 aliphatic rings. The van der Waals surface area contributed by atoms with E-state index in [0.29, 0.717) is 43.9 Å². The zero-order valence-electron chi connectivity index (χ0n) is 23.5. The molecule has 10 nitrogen and oxygen atoms in total. The Kier molecular flexibility index (Phi) is 6.36. The molecule has 2 saturated carbocycles. The van der Waals surface area contributed by atoms with Crippen LogP contribution in [0.25, 0.3) is 0 Å². The first kappa shape index (κ1) is 27.9. The van der Waals surface area contributed by atoms with Gasteiger partial charge in [-0.25, -0.2) is 4.68 Å². The molecule has 3 aliphatic heterocycles. The number of rotatable bonds is 5. The quantitative estimate of drug-likeness (QED) is 0.541. The molecule has 5 atom stereocenters. The average Bonchev–Trinajstić information content (AvgIpc) is 3.92. The monoisotopic (exact) mass is 596 g/mol. The van der Waals surface area contributed by atoms with Crippen molar-refractivity contribution < 1.29 is 32.3 Å². The van der Waals surface area contributed by atoms with Crippen molar-refractivity contribution in [1.82, 2.24) is 20.0 Å². The van der Waals surface area contributed by atoms with Crippen LogP contribution < -0.4 is 10.6 Å². The smallest absolute Gasteiger partial charge is 0.381 e. The highest BCUT2D eigenvalue weighted by molar-refractivity contribution is 6.06. The summed E-state index contributed by atoms with van der Waals surface area (Å²) >= 11 is 0. The average molecular weight is 597 g/mol. The molecule has 1 aromatic heterocycles.